The van der Waals surface area contributed by atoms with Crippen LogP contribution in [0.25, 0.3) is 10.9 Å². The van der Waals surface area contributed by atoms with Gasteiger partial charge in [-0.2, -0.15) is 13.2 Å². The molecular formula is C20H18F3NO2. The van der Waals surface area contributed by atoms with Crippen molar-refractivity contribution in [3.63, 3.8) is 0 Å². The summed E-state index contributed by atoms with van der Waals surface area (Å²) in [6.07, 6.45) is -2.26. The predicted octanol–water partition coefficient (Wildman–Crippen LogP) is 5.36. The standard InChI is InChI=1S/C20H18F3NO2/c1-2-12-5-4-8-15-17(11-24-19(12)15)16(10-18(25)26)13-6-3-7-14(9-13)20(21,22)23/h3-9,11,16,24H,2,10H2,1H3,(H,25,26)/t16-/m1/s1. The Kier molecular flexibility index (Phi) is 4.76. The Morgan fingerprint density at radius 1 is 1.19 bits per heavy atom. The first kappa shape index (κ1) is 18.0. The number of carboxylic acid groups (broad SMARTS) is 1. The third-order valence-corrected chi connectivity index (χ3v) is 4.59. The number of rotatable bonds is 5. The topological polar surface area (TPSA) is 53.1 Å². The van der Waals surface area contributed by atoms with E-state index in [9.17, 15) is 23.1 Å². The number of aromatic nitrogens is 1. The summed E-state index contributed by atoms with van der Waals surface area (Å²) in [5, 5.41) is 10.2. The first-order chi connectivity index (χ1) is 12.3. The first-order valence-corrected chi connectivity index (χ1v) is 8.29. The van der Waals surface area contributed by atoms with Crippen molar-refractivity contribution < 1.29 is 23.1 Å². The minimum absolute atomic E-state index is 0.287. The number of aliphatic carboxylic acids is 1. The van der Waals surface area contributed by atoms with Crippen LogP contribution >= 0.6 is 0 Å². The van der Waals surface area contributed by atoms with Crippen molar-refractivity contribution in [2.24, 2.45) is 0 Å². The molecule has 2 aromatic carbocycles. The number of fused-ring (bicyclic) bond motifs is 1. The van der Waals surface area contributed by atoms with Crippen molar-refractivity contribution in [1.29, 1.82) is 0 Å². The fourth-order valence-corrected chi connectivity index (χ4v) is 3.34. The van der Waals surface area contributed by atoms with E-state index >= 15 is 0 Å². The van der Waals surface area contributed by atoms with Crippen molar-refractivity contribution >= 4 is 16.9 Å². The quantitative estimate of drug-likeness (QED) is 0.643. The zero-order valence-electron chi connectivity index (χ0n) is 14.1. The summed E-state index contributed by atoms with van der Waals surface area (Å²) in [4.78, 5) is 14.5. The number of aromatic amines is 1. The maximum absolute atomic E-state index is 13.1. The summed E-state index contributed by atoms with van der Waals surface area (Å²) in [7, 11) is 0. The second-order valence-corrected chi connectivity index (χ2v) is 6.21. The molecule has 6 heteroatoms. The van der Waals surface area contributed by atoms with Gasteiger partial charge in [-0.15, -0.1) is 0 Å². The molecule has 1 aromatic heterocycles. The Hall–Kier alpha value is -2.76. The predicted molar refractivity (Wildman–Crippen MR) is 93.2 cm³/mol. The van der Waals surface area contributed by atoms with E-state index in [1.54, 1.807) is 12.3 Å². The van der Waals surface area contributed by atoms with Crippen LogP contribution in [0.15, 0.2) is 48.7 Å². The van der Waals surface area contributed by atoms with Gasteiger partial charge < -0.3 is 10.1 Å². The van der Waals surface area contributed by atoms with Gasteiger partial charge in [-0.1, -0.05) is 43.3 Å². The van der Waals surface area contributed by atoms with E-state index in [-0.39, 0.29) is 6.42 Å². The normalized spacial score (nSPS) is 13.1. The molecule has 0 aliphatic carbocycles. The molecule has 3 rings (SSSR count). The number of hydrogen-bond donors (Lipinski definition) is 2. The molecule has 0 radical (unpaired) electrons. The van der Waals surface area contributed by atoms with Gasteiger partial charge in [-0.25, -0.2) is 0 Å². The van der Waals surface area contributed by atoms with Gasteiger partial charge in [0.05, 0.1) is 12.0 Å². The summed E-state index contributed by atoms with van der Waals surface area (Å²) >= 11 is 0. The van der Waals surface area contributed by atoms with E-state index in [4.69, 9.17) is 0 Å². The lowest BCUT2D eigenvalue weighted by Gasteiger charge is -2.17. The van der Waals surface area contributed by atoms with Gasteiger partial charge in [0, 0.05) is 23.0 Å². The molecule has 3 aromatic rings. The molecule has 0 saturated heterocycles. The van der Waals surface area contributed by atoms with Gasteiger partial charge in [-0.05, 0) is 29.2 Å². The van der Waals surface area contributed by atoms with Crippen LogP contribution in [0.3, 0.4) is 0 Å². The number of alkyl halides is 3. The van der Waals surface area contributed by atoms with Gasteiger partial charge >= 0.3 is 12.1 Å². The fourth-order valence-electron chi connectivity index (χ4n) is 3.34. The highest BCUT2D eigenvalue weighted by molar-refractivity contribution is 5.87. The van der Waals surface area contributed by atoms with Gasteiger partial charge in [0.2, 0.25) is 0 Å². The Morgan fingerprint density at radius 3 is 2.58 bits per heavy atom. The Bertz CT molecular complexity index is 944. The number of carboxylic acids is 1. The second-order valence-electron chi connectivity index (χ2n) is 6.21. The molecule has 1 heterocycles. The van der Waals surface area contributed by atoms with Crippen molar-refractivity contribution in [3.8, 4) is 0 Å². The SMILES string of the molecule is CCc1cccc2c([C@H](CC(=O)O)c3cccc(C(F)(F)F)c3)c[nH]c12. The number of aryl methyl sites for hydroxylation is 1. The summed E-state index contributed by atoms with van der Waals surface area (Å²) < 4.78 is 39.2. The molecule has 0 bridgehead atoms. The summed E-state index contributed by atoms with van der Waals surface area (Å²) in [6.45, 7) is 2.01. The number of hydrogen-bond acceptors (Lipinski definition) is 1. The Labute approximate surface area is 148 Å². The molecule has 0 saturated carbocycles. The van der Waals surface area contributed by atoms with Crippen molar-refractivity contribution in [2.75, 3.05) is 0 Å². The minimum atomic E-state index is -4.47. The molecule has 0 amide bonds. The van der Waals surface area contributed by atoms with E-state index in [2.05, 4.69) is 4.98 Å². The van der Waals surface area contributed by atoms with E-state index in [0.717, 1.165) is 35.0 Å². The lowest BCUT2D eigenvalue weighted by Crippen LogP contribution is -2.10. The number of carbonyl (C=O) groups is 1. The third-order valence-electron chi connectivity index (χ3n) is 4.59. The van der Waals surface area contributed by atoms with Crippen LogP contribution in [0.2, 0.25) is 0 Å². The lowest BCUT2D eigenvalue weighted by atomic mass is 9.87. The van der Waals surface area contributed by atoms with E-state index in [0.29, 0.717) is 11.1 Å². The van der Waals surface area contributed by atoms with Gasteiger partial charge in [0.15, 0.2) is 0 Å². The summed E-state index contributed by atoms with van der Waals surface area (Å²) in [5.41, 5.74) is 2.22. The smallest absolute Gasteiger partial charge is 0.416 e. The monoisotopic (exact) mass is 361 g/mol. The first-order valence-electron chi connectivity index (χ1n) is 8.29. The van der Waals surface area contributed by atoms with Crippen LogP contribution in [0, 0.1) is 0 Å². The van der Waals surface area contributed by atoms with Crippen LogP contribution < -0.4 is 0 Å². The van der Waals surface area contributed by atoms with E-state index in [1.807, 2.05) is 25.1 Å². The number of H-pyrrole nitrogens is 1. The molecule has 2 N–H and O–H groups in total. The third kappa shape index (κ3) is 3.45. The largest absolute Gasteiger partial charge is 0.481 e. The van der Waals surface area contributed by atoms with E-state index < -0.39 is 23.6 Å². The highest BCUT2D eigenvalue weighted by Gasteiger charge is 2.31. The highest BCUT2D eigenvalue weighted by atomic mass is 19.4. The van der Waals surface area contributed by atoms with Crippen LogP contribution in [-0.4, -0.2) is 16.1 Å². The zero-order valence-corrected chi connectivity index (χ0v) is 14.1. The summed E-state index contributed by atoms with van der Waals surface area (Å²) in [5.74, 6) is -1.73. The molecule has 0 unspecified atom stereocenters. The number of nitrogens with one attached hydrogen (secondary N) is 1. The fraction of sp³-hybridized carbons (Fsp3) is 0.250. The number of benzene rings is 2. The molecule has 136 valence electrons. The number of halogens is 3. The maximum Gasteiger partial charge on any atom is 0.416 e. The van der Waals surface area contributed by atoms with Gasteiger partial charge in [-0.3, -0.25) is 4.79 Å². The maximum atomic E-state index is 13.1. The highest BCUT2D eigenvalue weighted by Crippen LogP contribution is 2.37. The van der Waals surface area contributed by atoms with Crippen LogP contribution in [0.4, 0.5) is 13.2 Å². The average Bonchev–Trinajstić information content (AvgIpc) is 3.02. The molecule has 0 aliphatic rings. The molecule has 0 aliphatic heterocycles. The van der Waals surface area contributed by atoms with Gasteiger partial charge in [0.1, 0.15) is 0 Å². The molecule has 0 fully saturated rings. The molecule has 26 heavy (non-hydrogen) atoms. The molecular weight excluding hydrogens is 343 g/mol. The van der Waals surface area contributed by atoms with Gasteiger partial charge in [0.25, 0.3) is 0 Å². The average molecular weight is 361 g/mol. The minimum Gasteiger partial charge on any atom is -0.481 e. The molecule has 0 spiro atoms. The second kappa shape index (κ2) is 6.86. The molecule has 1 atom stereocenters. The Morgan fingerprint density at radius 2 is 1.92 bits per heavy atom. The van der Waals surface area contributed by atoms with E-state index in [1.165, 1.54) is 6.07 Å². The van der Waals surface area contributed by atoms with Crippen molar-refractivity contribution in [1.82, 2.24) is 4.98 Å². The Balaban J connectivity index is 2.15. The van der Waals surface area contributed by atoms with Crippen LogP contribution in [0.1, 0.15) is 41.5 Å². The van der Waals surface area contributed by atoms with Crippen molar-refractivity contribution in [3.05, 3.63) is 70.9 Å². The zero-order chi connectivity index (χ0) is 18.9. The number of para-hydroxylation sites is 1. The van der Waals surface area contributed by atoms with Crippen LogP contribution in [-0.2, 0) is 17.4 Å². The molecule has 3 nitrogen and oxygen atoms in total. The summed E-state index contributed by atoms with van der Waals surface area (Å²) in [6, 6.07) is 10.6. The van der Waals surface area contributed by atoms with Crippen molar-refractivity contribution in [2.45, 2.75) is 31.9 Å². The van der Waals surface area contributed by atoms with Crippen LogP contribution in [0.5, 0.6) is 0 Å². The lowest BCUT2D eigenvalue weighted by molar-refractivity contribution is -0.138.